The van der Waals surface area contributed by atoms with Crippen LogP contribution in [0.25, 0.3) is 0 Å². The van der Waals surface area contributed by atoms with E-state index in [0.29, 0.717) is 30.8 Å². The molecule has 0 aromatic heterocycles. The Balaban J connectivity index is 2.26. The lowest BCUT2D eigenvalue weighted by atomic mass is 10.0. The maximum absolute atomic E-state index is 12.7. The number of benzene rings is 1. The van der Waals surface area contributed by atoms with Crippen molar-refractivity contribution in [3.05, 3.63) is 29.3 Å². The Kier molecular flexibility index (Phi) is 4.80. The monoisotopic (exact) mass is 292 g/mol. The minimum Gasteiger partial charge on any atom is -0.508 e. The third-order valence-corrected chi connectivity index (χ3v) is 3.58. The summed E-state index contributed by atoms with van der Waals surface area (Å²) in [5, 5.41) is 12.4. The Morgan fingerprint density at radius 2 is 2.24 bits per heavy atom. The highest BCUT2D eigenvalue weighted by atomic mass is 16.5. The molecule has 0 aliphatic carbocycles. The second-order valence-corrected chi connectivity index (χ2v) is 4.93. The molecule has 2 rings (SSSR count). The second kappa shape index (κ2) is 6.58. The van der Waals surface area contributed by atoms with Gasteiger partial charge in [-0.05, 0) is 26.0 Å². The summed E-state index contributed by atoms with van der Waals surface area (Å²) in [6.45, 7) is 4.96. The van der Waals surface area contributed by atoms with Gasteiger partial charge in [-0.25, -0.2) is 0 Å². The highest BCUT2D eigenvalue weighted by molar-refractivity contribution is 5.99. The summed E-state index contributed by atoms with van der Waals surface area (Å²) in [4.78, 5) is 26.2. The van der Waals surface area contributed by atoms with E-state index in [1.54, 1.807) is 19.1 Å². The molecule has 0 bridgehead atoms. The molecule has 1 fully saturated rings. The molecule has 21 heavy (non-hydrogen) atoms. The van der Waals surface area contributed by atoms with Gasteiger partial charge in [0, 0.05) is 24.2 Å². The Hall–Kier alpha value is -2.08. The van der Waals surface area contributed by atoms with E-state index in [-0.39, 0.29) is 24.2 Å². The number of hydrogen-bond acceptors (Lipinski definition) is 4. The fourth-order valence-electron chi connectivity index (χ4n) is 2.37. The smallest absolute Gasteiger partial charge is 0.255 e. The van der Waals surface area contributed by atoms with Crippen LogP contribution in [0.5, 0.6) is 5.75 Å². The SMILES string of the molecule is CCNC(=O)C1COCCN1C(=O)c1cccc(O)c1C. The number of carbonyl (C=O) groups excluding carboxylic acids is 2. The van der Waals surface area contributed by atoms with Gasteiger partial charge in [0.2, 0.25) is 5.91 Å². The van der Waals surface area contributed by atoms with Crippen LogP contribution in [0.4, 0.5) is 0 Å². The molecule has 1 unspecified atom stereocenters. The summed E-state index contributed by atoms with van der Waals surface area (Å²) in [5.74, 6) is -0.407. The summed E-state index contributed by atoms with van der Waals surface area (Å²) in [6.07, 6.45) is 0. The van der Waals surface area contributed by atoms with Crippen LogP contribution in [0.2, 0.25) is 0 Å². The number of aromatic hydroxyl groups is 1. The van der Waals surface area contributed by atoms with E-state index in [0.717, 1.165) is 0 Å². The van der Waals surface area contributed by atoms with E-state index < -0.39 is 6.04 Å². The van der Waals surface area contributed by atoms with Crippen LogP contribution in [-0.4, -0.2) is 54.2 Å². The molecule has 1 aliphatic rings. The number of phenolic OH excluding ortho intramolecular Hbond substituents is 1. The minimum atomic E-state index is -0.632. The van der Waals surface area contributed by atoms with Crippen LogP contribution in [0.15, 0.2) is 18.2 Å². The summed E-state index contributed by atoms with van der Waals surface area (Å²) < 4.78 is 5.32. The van der Waals surface area contributed by atoms with Crippen LogP contribution >= 0.6 is 0 Å². The molecule has 6 nitrogen and oxygen atoms in total. The number of carbonyl (C=O) groups is 2. The van der Waals surface area contributed by atoms with E-state index in [1.807, 2.05) is 6.92 Å². The zero-order chi connectivity index (χ0) is 15.4. The average Bonchev–Trinajstić information content (AvgIpc) is 2.49. The minimum absolute atomic E-state index is 0.0728. The molecule has 1 heterocycles. The van der Waals surface area contributed by atoms with Crippen molar-refractivity contribution in [3.8, 4) is 5.75 Å². The summed E-state index contributed by atoms with van der Waals surface area (Å²) in [5.41, 5.74) is 0.926. The normalized spacial score (nSPS) is 18.4. The maximum atomic E-state index is 12.7. The van der Waals surface area contributed by atoms with Crippen molar-refractivity contribution in [2.75, 3.05) is 26.3 Å². The van der Waals surface area contributed by atoms with Gasteiger partial charge in [0.25, 0.3) is 5.91 Å². The van der Waals surface area contributed by atoms with Crippen molar-refractivity contribution >= 4 is 11.8 Å². The van der Waals surface area contributed by atoms with Crippen molar-refractivity contribution in [2.45, 2.75) is 19.9 Å². The molecular formula is C15H20N2O4. The van der Waals surface area contributed by atoms with Gasteiger partial charge in [0.15, 0.2) is 0 Å². The van der Waals surface area contributed by atoms with E-state index in [9.17, 15) is 14.7 Å². The Morgan fingerprint density at radius 3 is 2.95 bits per heavy atom. The number of rotatable bonds is 3. The molecular weight excluding hydrogens is 272 g/mol. The fraction of sp³-hybridized carbons (Fsp3) is 0.467. The van der Waals surface area contributed by atoms with Crippen LogP contribution in [0.1, 0.15) is 22.8 Å². The van der Waals surface area contributed by atoms with Gasteiger partial charge in [0.05, 0.1) is 13.2 Å². The summed E-state index contributed by atoms with van der Waals surface area (Å²) in [6, 6.07) is 4.18. The first kappa shape index (κ1) is 15.3. The molecule has 1 aromatic rings. The number of nitrogens with zero attached hydrogens (tertiary/aromatic N) is 1. The zero-order valence-electron chi connectivity index (χ0n) is 12.3. The van der Waals surface area contributed by atoms with Crippen molar-refractivity contribution in [3.63, 3.8) is 0 Å². The molecule has 0 saturated carbocycles. The predicted octanol–water partition coefficient (Wildman–Crippen LogP) is 0.678. The molecule has 6 heteroatoms. The number of nitrogens with one attached hydrogen (secondary N) is 1. The first-order chi connectivity index (χ1) is 10.1. The van der Waals surface area contributed by atoms with E-state index >= 15 is 0 Å². The summed E-state index contributed by atoms with van der Waals surface area (Å²) in [7, 11) is 0. The summed E-state index contributed by atoms with van der Waals surface area (Å²) >= 11 is 0. The average molecular weight is 292 g/mol. The van der Waals surface area contributed by atoms with Crippen molar-refractivity contribution in [1.29, 1.82) is 0 Å². The molecule has 114 valence electrons. The zero-order valence-corrected chi connectivity index (χ0v) is 12.3. The van der Waals surface area contributed by atoms with Crippen LogP contribution in [0.3, 0.4) is 0 Å². The number of morpholine rings is 1. The quantitative estimate of drug-likeness (QED) is 0.858. The molecule has 2 amide bonds. The topological polar surface area (TPSA) is 78.9 Å². The van der Waals surface area contributed by atoms with Crippen molar-refractivity contribution in [1.82, 2.24) is 10.2 Å². The largest absolute Gasteiger partial charge is 0.508 e. The van der Waals surface area contributed by atoms with Gasteiger partial charge in [-0.2, -0.15) is 0 Å². The predicted molar refractivity (Wildman–Crippen MR) is 77.2 cm³/mol. The van der Waals surface area contributed by atoms with Gasteiger partial charge >= 0.3 is 0 Å². The van der Waals surface area contributed by atoms with Gasteiger partial charge in [-0.15, -0.1) is 0 Å². The van der Waals surface area contributed by atoms with E-state index in [4.69, 9.17) is 4.74 Å². The highest BCUT2D eigenvalue weighted by Gasteiger charge is 2.33. The highest BCUT2D eigenvalue weighted by Crippen LogP contribution is 2.22. The number of hydrogen-bond donors (Lipinski definition) is 2. The van der Waals surface area contributed by atoms with E-state index in [2.05, 4.69) is 5.32 Å². The first-order valence-corrected chi connectivity index (χ1v) is 7.01. The van der Waals surface area contributed by atoms with Crippen LogP contribution in [0, 0.1) is 6.92 Å². The van der Waals surface area contributed by atoms with Crippen LogP contribution in [-0.2, 0) is 9.53 Å². The third-order valence-electron chi connectivity index (χ3n) is 3.58. The van der Waals surface area contributed by atoms with Gasteiger partial charge in [-0.1, -0.05) is 6.07 Å². The van der Waals surface area contributed by atoms with Gasteiger partial charge in [0.1, 0.15) is 11.8 Å². The lowest BCUT2D eigenvalue weighted by Crippen LogP contribution is -2.56. The number of ether oxygens (including phenoxy) is 1. The van der Waals surface area contributed by atoms with Crippen LogP contribution < -0.4 is 5.32 Å². The molecule has 1 atom stereocenters. The molecule has 0 radical (unpaired) electrons. The second-order valence-electron chi connectivity index (χ2n) is 4.93. The van der Waals surface area contributed by atoms with Gasteiger partial charge in [-0.3, -0.25) is 9.59 Å². The van der Waals surface area contributed by atoms with Crippen molar-refractivity contribution < 1.29 is 19.4 Å². The number of likely N-dealkylation sites (N-methyl/N-ethyl adjacent to an activating group) is 1. The standard InChI is InChI=1S/C15H20N2O4/c1-3-16-14(19)12-9-21-8-7-17(12)15(20)11-5-4-6-13(18)10(11)2/h4-6,12,18H,3,7-9H2,1-2H3,(H,16,19). The number of phenols is 1. The Labute approximate surface area is 123 Å². The number of amides is 2. The van der Waals surface area contributed by atoms with Crippen molar-refractivity contribution in [2.24, 2.45) is 0 Å². The maximum Gasteiger partial charge on any atom is 0.255 e. The first-order valence-electron chi connectivity index (χ1n) is 7.01. The molecule has 1 aromatic carbocycles. The third kappa shape index (κ3) is 3.16. The van der Waals surface area contributed by atoms with E-state index in [1.165, 1.54) is 11.0 Å². The molecule has 2 N–H and O–H groups in total. The fourth-order valence-corrected chi connectivity index (χ4v) is 2.37. The lowest BCUT2D eigenvalue weighted by molar-refractivity contribution is -0.130. The molecule has 1 aliphatic heterocycles. The van der Waals surface area contributed by atoms with Gasteiger partial charge < -0.3 is 20.1 Å². The Morgan fingerprint density at radius 1 is 1.48 bits per heavy atom. The Bertz CT molecular complexity index is 544. The lowest BCUT2D eigenvalue weighted by Gasteiger charge is -2.34. The molecule has 1 saturated heterocycles. The molecule has 0 spiro atoms.